The molecule has 186 valence electrons. The molecule has 1 aromatic carbocycles. The number of methoxy groups -OCH3 is 2. The molecule has 0 radical (unpaired) electrons. The molecule has 1 aliphatic carbocycles. The summed E-state index contributed by atoms with van der Waals surface area (Å²) >= 11 is 1.62. The van der Waals surface area contributed by atoms with Gasteiger partial charge < -0.3 is 24.3 Å². The topological polar surface area (TPSA) is 72.8 Å². The Labute approximate surface area is 210 Å². The summed E-state index contributed by atoms with van der Waals surface area (Å²) in [5, 5.41) is 5.33. The first-order chi connectivity index (χ1) is 16.9. The molecule has 5 rings (SSSR count). The SMILES string of the molecule is COc1ccc(OC)c(CCN2C(=O)c3cc4sccc4n3C[C@]2(C)C(=O)NC2CCCCC2)c1. The number of carbonyl (C=O) groups is 2. The van der Waals surface area contributed by atoms with Crippen LogP contribution >= 0.6 is 11.3 Å². The molecule has 1 N–H and O–H groups in total. The van der Waals surface area contributed by atoms with E-state index in [-0.39, 0.29) is 17.9 Å². The maximum Gasteiger partial charge on any atom is 0.271 e. The largest absolute Gasteiger partial charge is 0.497 e. The Balaban J connectivity index is 1.48. The first-order valence-electron chi connectivity index (χ1n) is 12.3. The fourth-order valence-corrected chi connectivity index (χ4v) is 6.34. The molecule has 1 fully saturated rings. The van der Waals surface area contributed by atoms with Gasteiger partial charge in [-0.3, -0.25) is 9.59 Å². The van der Waals surface area contributed by atoms with Crippen molar-refractivity contribution < 1.29 is 19.1 Å². The molecule has 1 atom stereocenters. The minimum absolute atomic E-state index is 0.0712. The lowest BCUT2D eigenvalue weighted by molar-refractivity contribution is -0.133. The van der Waals surface area contributed by atoms with Crippen LogP contribution in [-0.4, -0.2) is 53.6 Å². The second kappa shape index (κ2) is 9.57. The maximum absolute atomic E-state index is 13.9. The van der Waals surface area contributed by atoms with E-state index < -0.39 is 5.54 Å². The molecule has 3 aromatic rings. The number of thiophene rings is 1. The van der Waals surface area contributed by atoms with Crippen molar-refractivity contribution in [3.63, 3.8) is 0 Å². The Morgan fingerprint density at radius 1 is 1.14 bits per heavy atom. The van der Waals surface area contributed by atoms with Crippen LogP contribution in [0.15, 0.2) is 35.7 Å². The van der Waals surface area contributed by atoms with E-state index >= 15 is 0 Å². The number of fused-ring (bicyclic) bond motifs is 3. The third-order valence-corrected chi connectivity index (χ3v) is 8.42. The number of nitrogens with zero attached hydrogens (tertiary/aromatic N) is 2. The fraction of sp³-hybridized carbons (Fsp3) is 0.481. The molecule has 35 heavy (non-hydrogen) atoms. The van der Waals surface area contributed by atoms with Crippen LogP contribution in [0.4, 0.5) is 0 Å². The number of nitrogens with one attached hydrogen (secondary N) is 1. The zero-order chi connectivity index (χ0) is 24.6. The van der Waals surface area contributed by atoms with Gasteiger partial charge in [-0.2, -0.15) is 0 Å². The Hall–Kier alpha value is -3.00. The van der Waals surface area contributed by atoms with Crippen molar-refractivity contribution in [3.05, 3.63) is 47.0 Å². The molecule has 1 aliphatic heterocycles. The molecule has 2 amide bonds. The summed E-state index contributed by atoms with van der Waals surface area (Å²) in [4.78, 5) is 29.5. The predicted octanol–water partition coefficient (Wildman–Crippen LogP) is 4.63. The van der Waals surface area contributed by atoms with E-state index in [0.29, 0.717) is 25.2 Å². The number of aromatic nitrogens is 1. The molecule has 0 bridgehead atoms. The van der Waals surface area contributed by atoms with E-state index in [2.05, 4.69) is 5.32 Å². The lowest BCUT2D eigenvalue weighted by atomic mass is 9.91. The van der Waals surface area contributed by atoms with Crippen molar-refractivity contribution >= 4 is 33.4 Å². The molecular formula is C27H33N3O4S. The Morgan fingerprint density at radius 3 is 2.69 bits per heavy atom. The van der Waals surface area contributed by atoms with E-state index in [1.807, 2.05) is 47.2 Å². The third kappa shape index (κ3) is 4.29. The number of carbonyl (C=O) groups excluding carboxylic acids is 2. The van der Waals surface area contributed by atoms with Gasteiger partial charge in [0.2, 0.25) is 5.91 Å². The maximum atomic E-state index is 13.9. The van der Waals surface area contributed by atoms with Crippen molar-refractivity contribution in [1.82, 2.24) is 14.8 Å². The Morgan fingerprint density at radius 2 is 1.94 bits per heavy atom. The normalized spacial score (nSPS) is 20.7. The highest BCUT2D eigenvalue weighted by molar-refractivity contribution is 7.17. The molecule has 3 heterocycles. The zero-order valence-corrected chi connectivity index (χ0v) is 21.5. The average Bonchev–Trinajstić information content (AvgIpc) is 3.47. The lowest BCUT2D eigenvalue weighted by Crippen LogP contribution is -2.65. The minimum atomic E-state index is -0.998. The summed E-state index contributed by atoms with van der Waals surface area (Å²) in [6, 6.07) is 9.84. The molecule has 2 aliphatic rings. The number of hydrogen-bond donors (Lipinski definition) is 1. The molecular weight excluding hydrogens is 462 g/mol. The van der Waals surface area contributed by atoms with Crippen LogP contribution in [0.2, 0.25) is 0 Å². The summed E-state index contributed by atoms with van der Waals surface area (Å²) < 4.78 is 14.1. The van der Waals surface area contributed by atoms with Crippen molar-refractivity contribution in [1.29, 1.82) is 0 Å². The average molecular weight is 496 g/mol. The van der Waals surface area contributed by atoms with Gasteiger partial charge in [-0.05, 0) is 67.5 Å². The van der Waals surface area contributed by atoms with E-state index in [9.17, 15) is 9.59 Å². The lowest BCUT2D eigenvalue weighted by Gasteiger charge is -2.45. The number of amides is 2. The summed E-state index contributed by atoms with van der Waals surface area (Å²) in [6.07, 6.45) is 6.04. The molecule has 7 nitrogen and oxygen atoms in total. The van der Waals surface area contributed by atoms with Gasteiger partial charge in [0.25, 0.3) is 5.91 Å². The van der Waals surface area contributed by atoms with E-state index in [4.69, 9.17) is 9.47 Å². The Kier molecular flexibility index (Phi) is 6.49. The van der Waals surface area contributed by atoms with Crippen LogP contribution in [0.25, 0.3) is 10.2 Å². The highest BCUT2D eigenvalue weighted by atomic mass is 32.1. The standard InChI is InChI=1S/C27H33N3O4S/c1-27(26(32)28-19-7-5-4-6-8-19)17-29-21-12-14-35-24(21)16-22(29)25(31)30(27)13-11-18-15-20(33-2)9-10-23(18)34-3/h9-10,12,14-16,19H,4-8,11,13,17H2,1-3H3,(H,28,32)/t27-/m1/s1. The second-order valence-electron chi connectivity index (χ2n) is 9.75. The Bertz CT molecular complexity index is 1240. The zero-order valence-electron chi connectivity index (χ0n) is 20.6. The molecule has 0 unspecified atom stereocenters. The van der Waals surface area contributed by atoms with Crippen LogP contribution in [0.5, 0.6) is 11.5 Å². The summed E-state index contributed by atoms with van der Waals surface area (Å²) in [5.74, 6) is 1.30. The van der Waals surface area contributed by atoms with E-state index in [1.165, 1.54) is 6.42 Å². The first-order valence-corrected chi connectivity index (χ1v) is 13.2. The van der Waals surface area contributed by atoms with Crippen LogP contribution in [0.1, 0.15) is 55.1 Å². The summed E-state index contributed by atoms with van der Waals surface area (Å²) in [6.45, 7) is 2.74. The number of hydrogen-bond acceptors (Lipinski definition) is 5. The van der Waals surface area contributed by atoms with Crippen molar-refractivity contribution in [2.45, 2.75) is 63.6 Å². The highest BCUT2D eigenvalue weighted by Crippen LogP contribution is 2.35. The van der Waals surface area contributed by atoms with Gasteiger partial charge in [0.05, 0.1) is 31.0 Å². The highest BCUT2D eigenvalue weighted by Gasteiger charge is 2.48. The van der Waals surface area contributed by atoms with Gasteiger partial charge in [0.15, 0.2) is 0 Å². The quantitative estimate of drug-likeness (QED) is 0.519. The second-order valence-corrected chi connectivity index (χ2v) is 10.7. The van der Waals surface area contributed by atoms with E-state index in [1.54, 1.807) is 30.5 Å². The van der Waals surface area contributed by atoms with Gasteiger partial charge in [-0.15, -0.1) is 11.3 Å². The minimum Gasteiger partial charge on any atom is -0.497 e. The van der Waals surface area contributed by atoms with Crippen LogP contribution in [0, 0.1) is 0 Å². The number of benzene rings is 1. The van der Waals surface area contributed by atoms with E-state index in [0.717, 1.165) is 53.0 Å². The molecule has 1 saturated carbocycles. The molecule has 0 spiro atoms. The van der Waals surface area contributed by atoms with Crippen LogP contribution < -0.4 is 14.8 Å². The molecule has 8 heteroatoms. The van der Waals surface area contributed by atoms with Crippen molar-refractivity contribution in [2.24, 2.45) is 0 Å². The van der Waals surface area contributed by atoms with Gasteiger partial charge in [-0.25, -0.2) is 0 Å². The fourth-order valence-electron chi connectivity index (χ4n) is 5.52. The van der Waals surface area contributed by atoms with Gasteiger partial charge in [-0.1, -0.05) is 19.3 Å². The molecule has 2 aromatic heterocycles. The van der Waals surface area contributed by atoms with Gasteiger partial charge in [0.1, 0.15) is 22.7 Å². The van der Waals surface area contributed by atoms with Crippen LogP contribution in [-0.2, 0) is 17.8 Å². The number of ether oxygens (including phenoxy) is 2. The van der Waals surface area contributed by atoms with Gasteiger partial charge in [0, 0.05) is 12.6 Å². The smallest absolute Gasteiger partial charge is 0.271 e. The number of rotatable bonds is 7. The van der Waals surface area contributed by atoms with Gasteiger partial charge >= 0.3 is 0 Å². The summed E-state index contributed by atoms with van der Waals surface area (Å²) in [5.41, 5.74) is 1.61. The molecule has 0 saturated heterocycles. The summed E-state index contributed by atoms with van der Waals surface area (Å²) in [7, 11) is 3.27. The third-order valence-electron chi connectivity index (χ3n) is 7.57. The van der Waals surface area contributed by atoms with Crippen LogP contribution in [0.3, 0.4) is 0 Å². The monoisotopic (exact) mass is 495 g/mol. The van der Waals surface area contributed by atoms with Crippen molar-refractivity contribution in [2.75, 3.05) is 20.8 Å². The predicted molar refractivity (Wildman–Crippen MR) is 138 cm³/mol. The van der Waals surface area contributed by atoms with Crippen molar-refractivity contribution in [3.8, 4) is 11.5 Å². The first kappa shape index (κ1) is 23.7.